The van der Waals surface area contributed by atoms with Crippen molar-refractivity contribution in [1.82, 2.24) is 0 Å². The van der Waals surface area contributed by atoms with E-state index in [1.165, 1.54) is 48.6 Å². The molecule has 0 saturated carbocycles. The predicted molar refractivity (Wildman–Crippen MR) is 63.4 cm³/mol. The first kappa shape index (κ1) is 10.3. The van der Waals surface area contributed by atoms with Gasteiger partial charge in [-0.05, 0) is 37.3 Å². The Morgan fingerprint density at radius 3 is 3.00 bits per heavy atom. The van der Waals surface area contributed by atoms with E-state index >= 15 is 0 Å². The van der Waals surface area contributed by atoms with Gasteiger partial charge >= 0.3 is 0 Å². The number of thiophene rings is 1. The van der Waals surface area contributed by atoms with Gasteiger partial charge in [0.25, 0.3) is 0 Å². The van der Waals surface area contributed by atoms with Crippen molar-refractivity contribution in [2.45, 2.75) is 32.1 Å². The van der Waals surface area contributed by atoms with Crippen LogP contribution in [0.1, 0.15) is 34.6 Å². The highest BCUT2D eigenvalue weighted by molar-refractivity contribution is 7.13. The standard InChI is InChI=1S/C12H14N2S/c13-7-6-10(14)12-8-9-4-2-1-3-5-11(9)15-12/h6,8H,1-5,14H2. The molecule has 3 heteroatoms. The van der Waals surface area contributed by atoms with Crippen molar-refractivity contribution in [1.29, 1.82) is 5.26 Å². The fourth-order valence-corrected chi connectivity index (χ4v) is 3.13. The van der Waals surface area contributed by atoms with E-state index in [0.717, 1.165) is 4.88 Å². The van der Waals surface area contributed by atoms with Crippen molar-refractivity contribution in [2.75, 3.05) is 0 Å². The fraction of sp³-hybridized carbons (Fsp3) is 0.417. The van der Waals surface area contributed by atoms with Crippen LogP contribution in [0.25, 0.3) is 5.70 Å². The second-order valence-electron chi connectivity index (χ2n) is 3.85. The third-order valence-corrected chi connectivity index (χ3v) is 4.04. The van der Waals surface area contributed by atoms with E-state index in [9.17, 15) is 0 Å². The molecule has 0 aromatic carbocycles. The van der Waals surface area contributed by atoms with E-state index in [1.807, 2.05) is 6.07 Å². The molecule has 15 heavy (non-hydrogen) atoms. The van der Waals surface area contributed by atoms with Crippen molar-refractivity contribution in [3.63, 3.8) is 0 Å². The zero-order valence-corrected chi connectivity index (χ0v) is 9.44. The maximum Gasteiger partial charge on any atom is 0.0934 e. The Kier molecular flexibility index (Phi) is 3.08. The number of fused-ring (bicyclic) bond motifs is 1. The molecule has 1 aromatic rings. The maximum absolute atomic E-state index is 8.54. The summed E-state index contributed by atoms with van der Waals surface area (Å²) in [6, 6.07) is 4.14. The summed E-state index contributed by atoms with van der Waals surface area (Å²) in [6.45, 7) is 0. The third kappa shape index (κ3) is 2.21. The molecule has 78 valence electrons. The normalized spacial score (nSPS) is 16.6. The second kappa shape index (κ2) is 4.50. The lowest BCUT2D eigenvalue weighted by molar-refractivity contribution is 0.712. The van der Waals surface area contributed by atoms with Crippen molar-refractivity contribution >= 4 is 17.0 Å². The van der Waals surface area contributed by atoms with E-state index in [-0.39, 0.29) is 0 Å². The number of aryl methyl sites for hydroxylation is 2. The smallest absolute Gasteiger partial charge is 0.0934 e. The molecule has 2 rings (SSSR count). The van der Waals surface area contributed by atoms with E-state index in [4.69, 9.17) is 11.0 Å². The number of hydrogen-bond acceptors (Lipinski definition) is 3. The van der Waals surface area contributed by atoms with Gasteiger partial charge in [-0.2, -0.15) is 5.26 Å². The fourth-order valence-electron chi connectivity index (χ4n) is 1.95. The molecule has 0 radical (unpaired) electrons. The van der Waals surface area contributed by atoms with Crippen molar-refractivity contribution < 1.29 is 0 Å². The number of allylic oxidation sites excluding steroid dienone is 1. The van der Waals surface area contributed by atoms with Crippen LogP contribution in [0.3, 0.4) is 0 Å². The van der Waals surface area contributed by atoms with Crippen LogP contribution in [-0.4, -0.2) is 0 Å². The Balaban J connectivity index is 2.30. The lowest BCUT2D eigenvalue weighted by Crippen LogP contribution is -1.92. The summed E-state index contributed by atoms with van der Waals surface area (Å²) >= 11 is 1.75. The molecule has 0 saturated heterocycles. The molecule has 1 aliphatic carbocycles. The summed E-state index contributed by atoms with van der Waals surface area (Å²) in [5.41, 5.74) is 7.86. The highest BCUT2D eigenvalue weighted by atomic mass is 32.1. The highest BCUT2D eigenvalue weighted by Crippen LogP contribution is 2.31. The second-order valence-corrected chi connectivity index (χ2v) is 4.99. The summed E-state index contributed by atoms with van der Waals surface area (Å²) in [5, 5.41) is 8.54. The van der Waals surface area contributed by atoms with Gasteiger partial charge in [0, 0.05) is 11.0 Å². The average molecular weight is 218 g/mol. The van der Waals surface area contributed by atoms with Crippen LogP contribution in [-0.2, 0) is 12.8 Å². The largest absolute Gasteiger partial charge is 0.397 e. The Bertz CT molecular complexity index is 400. The van der Waals surface area contributed by atoms with Gasteiger partial charge in [-0.15, -0.1) is 11.3 Å². The van der Waals surface area contributed by atoms with E-state index < -0.39 is 0 Å². The maximum atomic E-state index is 8.54. The Morgan fingerprint density at radius 1 is 1.40 bits per heavy atom. The number of rotatable bonds is 1. The molecular formula is C12H14N2S. The average Bonchev–Trinajstić information content (AvgIpc) is 2.51. The first-order valence-corrected chi connectivity index (χ1v) is 6.10. The number of nitrogens with two attached hydrogens (primary N) is 1. The van der Waals surface area contributed by atoms with Crippen LogP contribution >= 0.6 is 11.3 Å². The minimum absolute atomic E-state index is 0.607. The van der Waals surface area contributed by atoms with Gasteiger partial charge in [0.15, 0.2) is 0 Å². The third-order valence-electron chi connectivity index (χ3n) is 2.75. The highest BCUT2D eigenvalue weighted by Gasteiger charge is 2.12. The minimum atomic E-state index is 0.607. The lowest BCUT2D eigenvalue weighted by Gasteiger charge is -1.94. The minimum Gasteiger partial charge on any atom is -0.397 e. The summed E-state index contributed by atoms with van der Waals surface area (Å²) in [7, 11) is 0. The SMILES string of the molecule is N#CC=C(N)c1cc2c(s1)CCCCC2. The predicted octanol–water partition coefficient (Wildman–Crippen LogP) is 2.84. The van der Waals surface area contributed by atoms with Crippen molar-refractivity contribution in [2.24, 2.45) is 5.73 Å². The molecule has 0 spiro atoms. The molecular weight excluding hydrogens is 204 g/mol. The Morgan fingerprint density at radius 2 is 2.20 bits per heavy atom. The first-order chi connectivity index (χ1) is 7.31. The van der Waals surface area contributed by atoms with Crippen LogP contribution in [0.5, 0.6) is 0 Å². The number of nitriles is 1. The molecule has 1 heterocycles. The van der Waals surface area contributed by atoms with E-state index in [2.05, 4.69) is 6.07 Å². The summed E-state index contributed by atoms with van der Waals surface area (Å²) < 4.78 is 0. The van der Waals surface area contributed by atoms with Gasteiger partial charge in [0.2, 0.25) is 0 Å². The first-order valence-electron chi connectivity index (χ1n) is 5.28. The van der Waals surface area contributed by atoms with Gasteiger partial charge in [-0.1, -0.05) is 6.42 Å². The summed E-state index contributed by atoms with van der Waals surface area (Å²) in [4.78, 5) is 2.53. The molecule has 2 nitrogen and oxygen atoms in total. The van der Waals surface area contributed by atoms with Crippen LogP contribution in [0.4, 0.5) is 0 Å². The molecule has 0 bridgehead atoms. The lowest BCUT2D eigenvalue weighted by atomic mass is 10.1. The van der Waals surface area contributed by atoms with Crippen LogP contribution < -0.4 is 5.73 Å². The van der Waals surface area contributed by atoms with Gasteiger partial charge in [0.05, 0.1) is 16.6 Å². The zero-order valence-electron chi connectivity index (χ0n) is 8.62. The molecule has 1 aliphatic rings. The molecule has 0 fully saturated rings. The van der Waals surface area contributed by atoms with Crippen LogP contribution in [0.15, 0.2) is 12.1 Å². The van der Waals surface area contributed by atoms with Gasteiger partial charge < -0.3 is 5.73 Å². The summed E-state index contributed by atoms with van der Waals surface area (Å²) in [6.07, 6.45) is 7.68. The quantitative estimate of drug-likeness (QED) is 0.582. The van der Waals surface area contributed by atoms with E-state index in [0.29, 0.717) is 5.70 Å². The summed E-state index contributed by atoms with van der Waals surface area (Å²) in [5.74, 6) is 0. The molecule has 1 aromatic heterocycles. The van der Waals surface area contributed by atoms with Crippen LogP contribution in [0.2, 0.25) is 0 Å². The molecule has 0 aliphatic heterocycles. The van der Waals surface area contributed by atoms with Crippen molar-refractivity contribution in [3.05, 3.63) is 27.5 Å². The van der Waals surface area contributed by atoms with Crippen molar-refractivity contribution in [3.8, 4) is 6.07 Å². The number of hydrogen-bond donors (Lipinski definition) is 1. The van der Waals surface area contributed by atoms with Gasteiger partial charge in [0.1, 0.15) is 0 Å². The molecule has 0 amide bonds. The molecule has 0 unspecified atom stereocenters. The van der Waals surface area contributed by atoms with Crippen LogP contribution in [0, 0.1) is 11.3 Å². The Labute approximate surface area is 94.0 Å². The molecule has 2 N–H and O–H groups in total. The zero-order chi connectivity index (χ0) is 10.7. The van der Waals surface area contributed by atoms with Gasteiger partial charge in [-0.25, -0.2) is 0 Å². The topological polar surface area (TPSA) is 49.8 Å². The molecule has 0 atom stereocenters. The van der Waals surface area contributed by atoms with E-state index in [1.54, 1.807) is 11.3 Å². The van der Waals surface area contributed by atoms with Gasteiger partial charge in [-0.3, -0.25) is 0 Å². The Hall–Kier alpha value is -1.27. The monoisotopic (exact) mass is 218 g/mol. The number of nitrogens with zero attached hydrogens (tertiary/aromatic N) is 1.